The minimum atomic E-state index is -0.144. The van der Waals surface area contributed by atoms with Crippen LogP contribution in [0, 0.1) is 0 Å². The van der Waals surface area contributed by atoms with Gasteiger partial charge in [-0.1, -0.05) is 22.0 Å². The highest BCUT2D eigenvalue weighted by molar-refractivity contribution is 9.11. The highest BCUT2D eigenvalue weighted by atomic mass is 79.9. The van der Waals surface area contributed by atoms with E-state index in [0.29, 0.717) is 5.56 Å². The zero-order valence-corrected chi connectivity index (χ0v) is 14.3. The van der Waals surface area contributed by atoms with Crippen molar-refractivity contribution in [2.75, 3.05) is 24.3 Å². The summed E-state index contributed by atoms with van der Waals surface area (Å²) in [5, 5.41) is 2.91. The molecular formula is C15H14Br2N2O. The predicted octanol–water partition coefficient (Wildman–Crippen LogP) is 4.53. The SMILES string of the molecule is CN(C)c1cccc(NC(=O)c2cc(Br)ccc2Br)c1. The van der Waals surface area contributed by atoms with Gasteiger partial charge in [0, 0.05) is 34.4 Å². The van der Waals surface area contributed by atoms with Gasteiger partial charge < -0.3 is 10.2 Å². The second kappa shape index (κ2) is 6.41. The average Bonchev–Trinajstić information content (AvgIpc) is 2.41. The predicted molar refractivity (Wildman–Crippen MR) is 90.6 cm³/mol. The standard InChI is InChI=1S/C15H14Br2N2O/c1-19(2)12-5-3-4-11(9-12)18-15(20)13-8-10(16)6-7-14(13)17/h3-9H,1-2H3,(H,18,20). The Morgan fingerprint density at radius 3 is 2.55 bits per heavy atom. The van der Waals surface area contributed by atoms with Crippen molar-refractivity contribution >= 4 is 49.1 Å². The molecule has 0 aromatic heterocycles. The molecule has 3 nitrogen and oxygen atoms in total. The highest BCUT2D eigenvalue weighted by Gasteiger charge is 2.11. The lowest BCUT2D eigenvalue weighted by Crippen LogP contribution is -2.14. The van der Waals surface area contributed by atoms with Crippen LogP contribution in [0.25, 0.3) is 0 Å². The molecule has 0 saturated heterocycles. The number of hydrogen-bond donors (Lipinski definition) is 1. The fraction of sp³-hybridized carbons (Fsp3) is 0.133. The normalized spacial score (nSPS) is 10.2. The second-order valence-electron chi connectivity index (χ2n) is 4.52. The van der Waals surface area contributed by atoms with Crippen molar-refractivity contribution in [3.05, 3.63) is 57.0 Å². The fourth-order valence-corrected chi connectivity index (χ4v) is 2.52. The topological polar surface area (TPSA) is 32.3 Å². The summed E-state index contributed by atoms with van der Waals surface area (Å²) in [7, 11) is 3.93. The first-order chi connectivity index (χ1) is 9.47. The van der Waals surface area contributed by atoms with Gasteiger partial charge >= 0.3 is 0 Å². The zero-order valence-electron chi connectivity index (χ0n) is 11.2. The molecule has 0 atom stereocenters. The van der Waals surface area contributed by atoms with Gasteiger partial charge in [0.25, 0.3) is 5.91 Å². The summed E-state index contributed by atoms with van der Waals surface area (Å²) >= 11 is 6.77. The maximum Gasteiger partial charge on any atom is 0.256 e. The third-order valence-electron chi connectivity index (χ3n) is 2.79. The van der Waals surface area contributed by atoms with E-state index < -0.39 is 0 Å². The smallest absolute Gasteiger partial charge is 0.256 e. The number of anilines is 2. The minimum Gasteiger partial charge on any atom is -0.378 e. The van der Waals surface area contributed by atoms with Crippen molar-refractivity contribution in [2.24, 2.45) is 0 Å². The third kappa shape index (κ3) is 3.61. The quantitative estimate of drug-likeness (QED) is 0.825. The van der Waals surface area contributed by atoms with Gasteiger partial charge in [-0.3, -0.25) is 4.79 Å². The molecule has 0 radical (unpaired) electrons. The summed E-state index contributed by atoms with van der Waals surface area (Å²) in [6.07, 6.45) is 0. The second-order valence-corrected chi connectivity index (χ2v) is 6.29. The van der Waals surface area contributed by atoms with Crippen LogP contribution in [0.2, 0.25) is 0 Å². The summed E-state index contributed by atoms with van der Waals surface area (Å²) in [5.41, 5.74) is 2.40. The lowest BCUT2D eigenvalue weighted by molar-refractivity contribution is 0.102. The molecule has 0 bridgehead atoms. The number of nitrogens with zero attached hydrogens (tertiary/aromatic N) is 1. The summed E-state index contributed by atoms with van der Waals surface area (Å²) in [6, 6.07) is 13.2. The minimum absolute atomic E-state index is 0.144. The van der Waals surface area contributed by atoms with Crippen LogP contribution in [0.3, 0.4) is 0 Å². The van der Waals surface area contributed by atoms with E-state index in [2.05, 4.69) is 37.2 Å². The summed E-state index contributed by atoms with van der Waals surface area (Å²) in [4.78, 5) is 14.3. The van der Waals surface area contributed by atoms with E-state index in [1.807, 2.05) is 55.4 Å². The fourth-order valence-electron chi connectivity index (χ4n) is 1.73. The van der Waals surface area contributed by atoms with Crippen LogP contribution in [-0.2, 0) is 0 Å². The molecule has 0 aliphatic rings. The van der Waals surface area contributed by atoms with Crippen molar-refractivity contribution in [2.45, 2.75) is 0 Å². The van der Waals surface area contributed by atoms with Gasteiger partial charge in [0.1, 0.15) is 0 Å². The van der Waals surface area contributed by atoms with Crippen molar-refractivity contribution < 1.29 is 4.79 Å². The first-order valence-electron chi connectivity index (χ1n) is 6.01. The largest absolute Gasteiger partial charge is 0.378 e. The van der Waals surface area contributed by atoms with Gasteiger partial charge in [-0.2, -0.15) is 0 Å². The monoisotopic (exact) mass is 396 g/mol. The Morgan fingerprint density at radius 1 is 1.10 bits per heavy atom. The molecular weight excluding hydrogens is 384 g/mol. The lowest BCUT2D eigenvalue weighted by atomic mass is 10.2. The van der Waals surface area contributed by atoms with Gasteiger partial charge in [-0.15, -0.1) is 0 Å². The maximum absolute atomic E-state index is 12.3. The van der Waals surface area contributed by atoms with E-state index in [1.165, 1.54) is 0 Å². The molecule has 0 saturated carbocycles. The molecule has 0 fully saturated rings. The van der Waals surface area contributed by atoms with E-state index in [-0.39, 0.29) is 5.91 Å². The van der Waals surface area contributed by atoms with E-state index >= 15 is 0 Å². The van der Waals surface area contributed by atoms with E-state index in [1.54, 1.807) is 6.07 Å². The third-order valence-corrected chi connectivity index (χ3v) is 3.98. The molecule has 0 spiro atoms. The summed E-state index contributed by atoms with van der Waals surface area (Å²) in [5.74, 6) is -0.144. The molecule has 1 N–H and O–H groups in total. The molecule has 0 aliphatic heterocycles. The number of carbonyl (C=O) groups is 1. The van der Waals surface area contributed by atoms with Gasteiger partial charge in [0.2, 0.25) is 0 Å². The first-order valence-corrected chi connectivity index (χ1v) is 7.60. The van der Waals surface area contributed by atoms with Crippen molar-refractivity contribution in [3.63, 3.8) is 0 Å². The molecule has 2 rings (SSSR count). The van der Waals surface area contributed by atoms with Crippen LogP contribution in [0.15, 0.2) is 51.4 Å². The number of hydrogen-bond acceptors (Lipinski definition) is 2. The Labute approximate surface area is 135 Å². The Morgan fingerprint density at radius 2 is 1.85 bits per heavy atom. The molecule has 5 heteroatoms. The average molecular weight is 398 g/mol. The lowest BCUT2D eigenvalue weighted by Gasteiger charge is -2.14. The number of rotatable bonds is 3. The van der Waals surface area contributed by atoms with Crippen molar-refractivity contribution in [1.29, 1.82) is 0 Å². The molecule has 0 unspecified atom stereocenters. The van der Waals surface area contributed by atoms with Crippen LogP contribution in [0.5, 0.6) is 0 Å². The summed E-state index contributed by atoms with van der Waals surface area (Å²) in [6.45, 7) is 0. The van der Waals surface area contributed by atoms with Crippen LogP contribution in [0.4, 0.5) is 11.4 Å². The van der Waals surface area contributed by atoms with Crippen molar-refractivity contribution in [1.82, 2.24) is 0 Å². The summed E-state index contributed by atoms with van der Waals surface area (Å²) < 4.78 is 1.63. The molecule has 2 aromatic rings. The van der Waals surface area contributed by atoms with Gasteiger partial charge in [0.15, 0.2) is 0 Å². The number of carbonyl (C=O) groups excluding carboxylic acids is 1. The van der Waals surface area contributed by atoms with Crippen LogP contribution in [-0.4, -0.2) is 20.0 Å². The van der Waals surface area contributed by atoms with Crippen LogP contribution >= 0.6 is 31.9 Å². The first kappa shape index (κ1) is 15.1. The molecule has 104 valence electrons. The van der Waals surface area contributed by atoms with E-state index in [4.69, 9.17) is 0 Å². The number of amides is 1. The maximum atomic E-state index is 12.3. The molecule has 0 aliphatic carbocycles. The number of nitrogens with one attached hydrogen (secondary N) is 1. The van der Waals surface area contributed by atoms with Gasteiger partial charge in [-0.05, 0) is 52.3 Å². The van der Waals surface area contributed by atoms with E-state index in [0.717, 1.165) is 20.3 Å². The molecule has 1 amide bonds. The van der Waals surface area contributed by atoms with Gasteiger partial charge in [0.05, 0.1) is 5.56 Å². The Hall–Kier alpha value is -1.33. The zero-order chi connectivity index (χ0) is 14.7. The van der Waals surface area contributed by atoms with Crippen LogP contribution in [0.1, 0.15) is 10.4 Å². The van der Waals surface area contributed by atoms with E-state index in [9.17, 15) is 4.79 Å². The Kier molecular flexibility index (Phi) is 4.83. The molecule has 2 aromatic carbocycles. The molecule has 0 heterocycles. The van der Waals surface area contributed by atoms with Crippen LogP contribution < -0.4 is 10.2 Å². The van der Waals surface area contributed by atoms with Gasteiger partial charge in [-0.25, -0.2) is 0 Å². The number of halogens is 2. The highest BCUT2D eigenvalue weighted by Crippen LogP contribution is 2.23. The molecule has 20 heavy (non-hydrogen) atoms. The van der Waals surface area contributed by atoms with Crippen molar-refractivity contribution in [3.8, 4) is 0 Å². The Balaban J connectivity index is 2.23. The number of benzene rings is 2. The Bertz CT molecular complexity index is 642.